The summed E-state index contributed by atoms with van der Waals surface area (Å²) >= 11 is 1.49. The van der Waals surface area contributed by atoms with Gasteiger partial charge in [-0.2, -0.15) is 0 Å². The molecule has 1 aromatic heterocycles. The van der Waals surface area contributed by atoms with E-state index < -0.39 is 12.1 Å². The van der Waals surface area contributed by atoms with Crippen molar-refractivity contribution in [1.82, 2.24) is 9.88 Å². The van der Waals surface area contributed by atoms with Crippen LogP contribution in [0, 0.1) is 0 Å². The maximum absolute atomic E-state index is 12.5. The second kappa shape index (κ2) is 8.96. The quantitative estimate of drug-likeness (QED) is 0.781. The number of aliphatic carboxylic acids is 1. The van der Waals surface area contributed by atoms with Gasteiger partial charge in [0.2, 0.25) is 5.91 Å². The van der Waals surface area contributed by atoms with Crippen molar-refractivity contribution in [2.45, 2.75) is 25.9 Å². The average Bonchev–Trinajstić information content (AvgIpc) is 3.11. The highest BCUT2D eigenvalue weighted by Crippen LogP contribution is 2.26. The first-order chi connectivity index (χ1) is 13.0. The summed E-state index contributed by atoms with van der Waals surface area (Å²) in [6.45, 7) is 3.71. The van der Waals surface area contributed by atoms with E-state index in [1.165, 1.54) is 11.3 Å². The standard InChI is InChI=1S/C19H22N2O5S/c1-2-25-15-5-3-13(4-6-15)19-20-14(12-27-19)9-17(22)21-7-8-26-16(11-21)10-18(23)24/h3-6,12,16H,2,7-11H2,1H3,(H,23,24)/t16-/m1/s1. The Morgan fingerprint density at radius 2 is 2.15 bits per heavy atom. The van der Waals surface area contributed by atoms with E-state index >= 15 is 0 Å². The molecule has 0 radical (unpaired) electrons. The van der Waals surface area contributed by atoms with Crippen LogP contribution >= 0.6 is 11.3 Å². The minimum atomic E-state index is -0.922. The lowest BCUT2D eigenvalue weighted by Gasteiger charge is -2.32. The molecule has 2 aromatic rings. The van der Waals surface area contributed by atoms with Gasteiger partial charge in [0.05, 0.1) is 37.9 Å². The maximum atomic E-state index is 12.5. The number of carboxylic acid groups (broad SMARTS) is 1. The third-order valence-corrected chi connectivity index (χ3v) is 5.13. The Morgan fingerprint density at radius 1 is 1.37 bits per heavy atom. The fourth-order valence-corrected chi connectivity index (χ4v) is 3.74. The van der Waals surface area contributed by atoms with Crippen molar-refractivity contribution in [3.63, 3.8) is 0 Å². The normalized spacial score (nSPS) is 16.9. The van der Waals surface area contributed by atoms with Crippen molar-refractivity contribution in [1.29, 1.82) is 0 Å². The molecule has 144 valence electrons. The van der Waals surface area contributed by atoms with Crippen LogP contribution in [0.3, 0.4) is 0 Å². The summed E-state index contributed by atoms with van der Waals surface area (Å²) in [6, 6.07) is 7.71. The van der Waals surface area contributed by atoms with Gasteiger partial charge >= 0.3 is 5.97 Å². The molecule has 1 aliphatic heterocycles. The molecule has 0 saturated carbocycles. The SMILES string of the molecule is CCOc1ccc(-c2nc(CC(=O)N3CCO[C@H](CC(=O)O)C3)cs2)cc1. The van der Waals surface area contributed by atoms with Crippen molar-refractivity contribution >= 4 is 23.2 Å². The zero-order valence-corrected chi connectivity index (χ0v) is 15.9. The second-order valence-electron chi connectivity index (χ2n) is 6.21. The molecule has 1 N–H and O–H groups in total. The Morgan fingerprint density at radius 3 is 2.85 bits per heavy atom. The smallest absolute Gasteiger partial charge is 0.306 e. The predicted octanol–water partition coefficient (Wildman–Crippen LogP) is 2.45. The lowest BCUT2D eigenvalue weighted by Crippen LogP contribution is -2.46. The van der Waals surface area contributed by atoms with Gasteiger partial charge < -0.3 is 19.5 Å². The molecule has 3 rings (SSSR count). The maximum Gasteiger partial charge on any atom is 0.306 e. The largest absolute Gasteiger partial charge is 0.494 e. The molecule has 8 heteroatoms. The van der Waals surface area contributed by atoms with E-state index in [2.05, 4.69) is 4.98 Å². The summed E-state index contributed by atoms with van der Waals surface area (Å²) in [6.07, 6.45) is -0.342. The summed E-state index contributed by atoms with van der Waals surface area (Å²) in [5.74, 6) is -0.164. The van der Waals surface area contributed by atoms with Crippen molar-refractivity contribution in [3.05, 3.63) is 35.3 Å². The van der Waals surface area contributed by atoms with Crippen LogP contribution in [0.1, 0.15) is 19.0 Å². The number of amides is 1. The number of thiazole rings is 1. The minimum absolute atomic E-state index is 0.0581. The number of ether oxygens (including phenoxy) is 2. The topological polar surface area (TPSA) is 89.0 Å². The van der Waals surface area contributed by atoms with Crippen LogP contribution in [0.2, 0.25) is 0 Å². The molecule has 27 heavy (non-hydrogen) atoms. The van der Waals surface area contributed by atoms with Crippen LogP contribution in [0.15, 0.2) is 29.6 Å². The molecule has 1 atom stereocenters. The molecule has 1 aliphatic rings. The number of morpholine rings is 1. The average molecular weight is 390 g/mol. The summed E-state index contributed by atoms with van der Waals surface area (Å²) in [7, 11) is 0. The summed E-state index contributed by atoms with van der Waals surface area (Å²) in [5, 5.41) is 11.6. The Hall–Kier alpha value is -2.45. The van der Waals surface area contributed by atoms with Crippen molar-refractivity contribution < 1.29 is 24.2 Å². The molecule has 0 aliphatic carbocycles. The fraction of sp³-hybridized carbons (Fsp3) is 0.421. The van der Waals surface area contributed by atoms with Gasteiger partial charge in [0, 0.05) is 24.0 Å². The van der Waals surface area contributed by atoms with Gasteiger partial charge in [0.15, 0.2) is 0 Å². The van der Waals surface area contributed by atoms with Crippen molar-refractivity contribution in [3.8, 4) is 16.3 Å². The minimum Gasteiger partial charge on any atom is -0.494 e. The van der Waals surface area contributed by atoms with E-state index in [0.717, 1.165) is 22.0 Å². The van der Waals surface area contributed by atoms with E-state index in [0.29, 0.717) is 26.3 Å². The third-order valence-electron chi connectivity index (χ3n) is 4.19. The van der Waals surface area contributed by atoms with Crippen LogP contribution < -0.4 is 4.74 Å². The number of hydrogen-bond acceptors (Lipinski definition) is 6. The predicted molar refractivity (Wildman–Crippen MR) is 101 cm³/mol. The first-order valence-corrected chi connectivity index (χ1v) is 9.72. The molecule has 0 unspecified atom stereocenters. The highest BCUT2D eigenvalue weighted by Gasteiger charge is 2.26. The van der Waals surface area contributed by atoms with Crippen molar-refractivity contribution in [2.24, 2.45) is 0 Å². The Bertz CT molecular complexity index is 790. The van der Waals surface area contributed by atoms with Crippen LogP contribution in [0.5, 0.6) is 5.75 Å². The van der Waals surface area contributed by atoms with E-state index in [9.17, 15) is 9.59 Å². The highest BCUT2D eigenvalue weighted by atomic mass is 32.1. The number of carbonyl (C=O) groups is 2. The van der Waals surface area contributed by atoms with Gasteiger partial charge in [0.1, 0.15) is 10.8 Å². The lowest BCUT2D eigenvalue weighted by molar-refractivity contribution is -0.147. The van der Waals surface area contributed by atoms with Gasteiger partial charge in [-0.1, -0.05) is 0 Å². The molecule has 1 aromatic carbocycles. The number of benzene rings is 1. The first kappa shape index (κ1) is 19.3. The number of aromatic nitrogens is 1. The van der Waals surface area contributed by atoms with E-state index in [4.69, 9.17) is 14.6 Å². The van der Waals surface area contributed by atoms with Gasteiger partial charge in [-0.25, -0.2) is 4.98 Å². The number of carbonyl (C=O) groups excluding carboxylic acids is 1. The third kappa shape index (κ3) is 5.27. The Kier molecular flexibility index (Phi) is 6.41. The summed E-state index contributed by atoms with van der Waals surface area (Å²) in [4.78, 5) is 29.6. The van der Waals surface area contributed by atoms with Gasteiger partial charge in [-0.05, 0) is 31.2 Å². The molecule has 1 fully saturated rings. The molecule has 7 nitrogen and oxygen atoms in total. The monoisotopic (exact) mass is 390 g/mol. The number of rotatable bonds is 7. The Labute approximate surface area is 161 Å². The van der Waals surface area contributed by atoms with Gasteiger partial charge in [-0.3, -0.25) is 9.59 Å². The second-order valence-corrected chi connectivity index (χ2v) is 7.07. The highest BCUT2D eigenvalue weighted by molar-refractivity contribution is 7.13. The Balaban J connectivity index is 1.59. The molecular weight excluding hydrogens is 368 g/mol. The van der Waals surface area contributed by atoms with Crippen molar-refractivity contribution in [2.75, 3.05) is 26.3 Å². The molecule has 0 spiro atoms. The van der Waals surface area contributed by atoms with Crippen LogP contribution in [0.25, 0.3) is 10.6 Å². The van der Waals surface area contributed by atoms with E-state index in [1.54, 1.807) is 4.90 Å². The zero-order chi connectivity index (χ0) is 19.2. The zero-order valence-electron chi connectivity index (χ0n) is 15.1. The van der Waals surface area contributed by atoms with Crippen LogP contribution in [-0.4, -0.2) is 59.3 Å². The fourth-order valence-electron chi connectivity index (χ4n) is 2.91. The van der Waals surface area contributed by atoms with E-state index in [1.807, 2.05) is 36.6 Å². The summed E-state index contributed by atoms with van der Waals surface area (Å²) < 4.78 is 10.9. The molecular formula is C19H22N2O5S. The lowest BCUT2D eigenvalue weighted by atomic mass is 10.2. The van der Waals surface area contributed by atoms with Gasteiger partial charge in [0.25, 0.3) is 0 Å². The van der Waals surface area contributed by atoms with Crippen LogP contribution in [-0.2, 0) is 20.7 Å². The van der Waals surface area contributed by atoms with E-state index in [-0.39, 0.29) is 18.7 Å². The first-order valence-electron chi connectivity index (χ1n) is 8.84. The van der Waals surface area contributed by atoms with Gasteiger partial charge in [-0.15, -0.1) is 11.3 Å². The number of nitrogens with zero attached hydrogens (tertiary/aromatic N) is 2. The molecule has 1 saturated heterocycles. The molecule has 2 heterocycles. The molecule has 0 bridgehead atoms. The number of carboxylic acids is 1. The summed E-state index contributed by atoms with van der Waals surface area (Å²) in [5.41, 5.74) is 1.70. The molecule has 1 amide bonds. The number of hydrogen-bond donors (Lipinski definition) is 1. The van der Waals surface area contributed by atoms with Crippen LogP contribution in [0.4, 0.5) is 0 Å².